The molecule has 13 heteroatoms. The summed E-state index contributed by atoms with van der Waals surface area (Å²) in [6.07, 6.45) is 2.46. The van der Waals surface area contributed by atoms with Crippen molar-refractivity contribution >= 4 is 60.6 Å². The summed E-state index contributed by atoms with van der Waals surface area (Å²) in [5, 5.41) is 14.0. The molecule has 0 atom stereocenters. The highest BCUT2D eigenvalue weighted by Gasteiger charge is 2.38. The lowest BCUT2D eigenvalue weighted by Crippen LogP contribution is -2.35. The van der Waals surface area contributed by atoms with E-state index in [1.807, 2.05) is 13.0 Å². The largest absolute Gasteiger partial charge is 0.493 e. The van der Waals surface area contributed by atoms with Gasteiger partial charge in [-0.05, 0) is 66.2 Å². The molecule has 0 aliphatic carbocycles. The van der Waals surface area contributed by atoms with Crippen molar-refractivity contribution in [1.29, 1.82) is 5.41 Å². The number of ether oxygens (including phenoxy) is 3. The molecule has 2 aliphatic heterocycles. The predicted octanol–water partition coefficient (Wildman–Crippen LogP) is 3.74. The molecule has 1 N–H and O–H groups in total. The van der Waals surface area contributed by atoms with E-state index in [0.717, 1.165) is 28.6 Å². The standard InChI is InChI=1S/C23H21ClN4O6S2/c1-13-10-15(5-6-17(13)24)33-8-9-34-18-7-4-14(12-19(18)32-2)11-16-20(25)28-22(26-21(16)29)35-23(27-28)36(3,30)31/h4-7,10-12,25H,8-9H2,1-3H3/b16-11+,25-20?. The summed E-state index contributed by atoms with van der Waals surface area (Å²) in [5.74, 6) is 0.630. The number of sulfone groups is 1. The molecule has 0 aromatic heterocycles. The number of aliphatic imine (C=N–C) groups is 1. The molecule has 1 amide bonds. The van der Waals surface area contributed by atoms with E-state index in [1.54, 1.807) is 30.3 Å². The van der Waals surface area contributed by atoms with Crippen molar-refractivity contribution in [3.05, 3.63) is 58.1 Å². The van der Waals surface area contributed by atoms with E-state index in [9.17, 15) is 13.2 Å². The second-order valence-corrected chi connectivity index (χ2v) is 11.2. The van der Waals surface area contributed by atoms with E-state index < -0.39 is 15.7 Å². The van der Waals surface area contributed by atoms with Crippen LogP contribution in [0.1, 0.15) is 11.1 Å². The third-order valence-electron chi connectivity index (χ3n) is 4.99. The second-order valence-electron chi connectivity index (χ2n) is 7.68. The first-order valence-corrected chi connectivity index (χ1v) is 13.6. The number of rotatable bonds is 7. The molecule has 0 bridgehead atoms. The van der Waals surface area contributed by atoms with Crippen molar-refractivity contribution in [3.63, 3.8) is 0 Å². The zero-order valence-corrected chi connectivity index (χ0v) is 21.8. The summed E-state index contributed by atoms with van der Waals surface area (Å²) in [6, 6.07) is 10.4. The number of amidine groups is 2. The molecule has 10 nitrogen and oxygen atoms in total. The summed E-state index contributed by atoms with van der Waals surface area (Å²) in [7, 11) is -2.12. The van der Waals surface area contributed by atoms with E-state index in [0.29, 0.717) is 34.4 Å². The fourth-order valence-corrected chi connectivity index (χ4v) is 5.00. The van der Waals surface area contributed by atoms with Crippen LogP contribution in [0.25, 0.3) is 6.08 Å². The Morgan fingerprint density at radius 1 is 1.14 bits per heavy atom. The quantitative estimate of drug-likeness (QED) is 0.409. The lowest BCUT2D eigenvalue weighted by atomic mass is 10.1. The molecule has 2 aromatic carbocycles. The van der Waals surface area contributed by atoms with Gasteiger partial charge >= 0.3 is 0 Å². The maximum atomic E-state index is 12.5. The van der Waals surface area contributed by atoms with Crippen LogP contribution in [0.5, 0.6) is 17.2 Å². The zero-order valence-electron chi connectivity index (χ0n) is 19.4. The van der Waals surface area contributed by atoms with Gasteiger partial charge < -0.3 is 14.2 Å². The smallest absolute Gasteiger partial charge is 0.283 e. The van der Waals surface area contributed by atoms with Crippen LogP contribution in [0.3, 0.4) is 0 Å². The van der Waals surface area contributed by atoms with Gasteiger partial charge in [0.25, 0.3) is 5.91 Å². The fourth-order valence-electron chi connectivity index (χ4n) is 3.20. The van der Waals surface area contributed by atoms with Crippen LogP contribution in [0.15, 0.2) is 52.1 Å². The van der Waals surface area contributed by atoms with Gasteiger partial charge in [-0.1, -0.05) is 17.7 Å². The number of hydrazone groups is 1. The van der Waals surface area contributed by atoms with Gasteiger partial charge in [-0.2, -0.15) is 10.0 Å². The molecule has 188 valence electrons. The van der Waals surface area contributed by atoms with Crippen LogP contribution in [-0.2, 0) is 14.6 Å². The van der Waals surface area contributed by atoms with Crippen molar-refractivity contribution < 1.29 is 27.4 Å². The number of carbonyl (C=O) groups excluding carboxylic acids is 1. The molecule has 0 unspecified atom stereocenters. The molecule has 0 spiro atoms. The maximum Gasteiger partial charge on any atom is 0.283 e. The minimum absolute atomic E-state index is 0.0277. The summed E-state index contributed by atoms with van der Waals surface area (Å²) in [5.41, 5.74) is 1.43. The first-order valence-electron chi connectivity index (χ1n) is 10.5. The Morgan fingerprint density at radius 2 is 1.89 bits per heavy atom. The lowest BCUT2D eigenvalue weighted by molar-refractivity contribution is -0.114. The van der Waals surface area contributed by atoms with Crippen molar-refractivity contribution in [2.75, 3.05) is 26.6 Å². The number of carbonyl (C=O) groups is 1. The SMILES string of the molecule is COc1cc(/C=C2\C(=N)N3N=C(S(C)(=O)=O)SC3=NC2=O)ccc1OCCOc1ccc(Cl)c(C)c1. The normalized spacial score (nSPS) is 16.6. The number of benzene rings is 2. The molecule has 2 aromatic rings. The summed E-state index contributed by atoms with van der Waals surface area (Å²) in [4.78, 5) is 16.4. The molecule has 0 radical (unpaired) electrons. The van der Waals surface area contributed by atoms with Gasteiger partial charge in [0.15, 0.2) is 17.3 Å². The molecular weight excluding hydrogens is 528 g/mol. The van der Waals surface area contributed by atoms with Crippen molar-refractivity contribution in [2.45, 2.75) is 6.92 Å². The number of fused-ring (bicyclic) bond motifs is 1. The average molecular weight is 549 g/mol. The predicted molar refractivity (Wildman–Crippen MR) is 140 cm³/mol. The number of methoxy groups -OCH3 is 1. The number of hydrogen-bond donors (Lipinski definition) is 1. The number of nitrogens with one attached hydrogen (secondary N) is 1. The van der Waals surface area contributed by atoms with E-state index in [-0.39, 0.29) is 27.6 Å². The van der Waals surface area contributed by atoms with E-state index in [4.69, 9.17) is 31.2 Å². The highest BCUT2D eigenvalue weighted by molar-refractivity contribution is 8.42. The zero-order chi connectivity index (χ0) is 26.0. The monoisotopic (exact) mass is 548 g/mol. The van der Waals surface area contributed by atoms with Gasteiger partial charge in [0.05, 0.1) is 12.7 Å². The molecule has 2 aliphatic rings. The Morgan fingerprint density at radius 3 is 2.58 bits per heavy atom. The topological polar surface area (TPSA) is 131 Å². The second kappa shape index (κ2) is 10.3. The Bertz CT molecular complexity index is 1450. The minimum Gasteiger partial charge on any atom is -0.493 e. The number of nitrogens with zero attached hydrogens (tertiary/aromatic N) is 3. The average Bonchev–Trinajstić information content (AvgIpc) is 3.27. The highest BCUT2D eigenvalue weighted by atomic mass is 35.5. The first-order chi connectivity index (χ1) is 17.1. The Kier molecular flexibility index (Phi) is 7.38. The number of thioether (sulfide) groups is 1. The van der Waals surface area contributed by atoms with Crippen molar-refractivity contribution in [2.24, 2.45) is 10.1 Å². The first kappa shape index (κ1) is 25.7. The number of halogens is 1. The fraction of sp³-hybridized carbons (Fsp3) is 0.217. The van der Waals surface area contributed by atoms with E-state index in [2.05, 4.69) is 10.1 Å². The van der Waals surface area contributed by atoms with Crippen molar-refractivity contribution in [3.8, 4) is 17.2 Å². The van der Waals surface area contributed by atoms with Gasteiger partial charge in [-0.25, -0.2) is 8.42 Å². The maximum absolute atomic E-state index is 12.5. The van der Waals surface area contributed by atoms with E-state index >= 15 is 0 Å². The number of amides is 1. The lowest BCUT2D eigenvalue weighted by Gasteiger charge is -2.20. The molecule has 0 saturated carbocycles. The Balaban J connectivity index is 1.45. The van der Waals surface area contributed by atoms with Gasteiger partial charge in [0.2, 0.25) is 19.4 Å². The molecular formula is C23H21ClN4O6S2. The number of aryl methyl sites for hydroxylation is 1. The van der Waals surface area contributed by atoms with Crippen LogP contribution < -0.4 is 14.2 Å². The summed E-state index contributed by atoms with van der Waals surface area (Å²) in [6.45, 7) is 2.45. The minimum atomic E-state index is -3.60. The van der Waals surface area contributed by atoms with Crippen LogP contribution in [-0.4, -0.2) is 61.3 Å². The molecule has 36 heavy (non-hydrogen) atoms. The highest BCUT2D eigenvalue weighted by Crippen LogP contribution is 2.32. The van der Waals surface area contributed by atoms with Gasteiger partial charge in [0, 0.05) is 11.3 Å². The van der Waals surface area contributed by atoms with Crippen molar-refractivity contribution in [1.82, 2.24) is 5.01 Å². The van der Waals surface area contributed by atoms with E-state index in [1.165, 1.54) is 13.2 Å². The van der Waals surface area contributed by atoms with Gasteiger partial charge in [-0.3, -0.25) is 10.2 Å². The van der Waals surface area contributed by atoms with Crippen LogP contribution >= 0.6 is 23.4 Å². The molecule has 0 saturated heterocycles. The van der Waals surface area contributed by atoms with Crippen LogP contribution in [0, 0.1) is 12.3 Å². The third-order valence-corrected chi connectivity index (χ3v) is 7.99. The molecule has 4 rings (SSSR count). The molecule has 2 heterocycles. The third kappa shape index (κ3) is 5.55. The van der Waals surface area contributed by atoms with Gasteiger partial charge in [-0.15, -0.1) is 5.10 Å². The Labute approximate surface area is 217 Å². The summed E-state index contributed by atoms with van der Waals surface area (Å²) < 4.78 is 40.2. The molecule has 0 fully saturated rings. The Hall–Kier alpha value is -3.35. The number of hydrogen-bond acceptors (Lipinski definition) is 9. The van der Waals surface area contributed by atoms with Crippen LogP contribution in [0.4, 0.5) is 0 Å². The van der Waals surface area contributed by atoms with Crippen LogP contribution in [0.2, 0.25) is 5.02 Å². The summed E-state index contributed by atoms with van der Waals surface area (Å²) >= 11 is 6.76. The van der Waals surface area contributed by atoms with Gasteiger partial charge in [0.1, 0.15) is 19.0 Å².